The Labute approximate surface area is 146 Å². The van der Waals surface area contributed by atoms with Gasteiger partial charge < -0.3 is 4.90 Å². The molecule has 2 aliphatic rings. The number of hydrogen-bond acceptors (Lipinski definition) is 1. The molecule has 2 atom stereocenters. The Morgan fingerprint density at radius 2 is 1.87 bits per heavy atom. The number of fused-ring (bicyclic) bond motifs is 1. The van der Waals surface area contributed by atoms with E-state index in [0.717, 1.165) is 31.5 Å². The van der Waals surface area contributed by atoms with E-state index < -0.39 is 0 Å². The number of hydrogen-bond donors (Lipinski definition) is 0. The summed E-state index contributed by atoms with van der Waals surface area (Å²) in [5, 5.41) is 1.30. The maximum Gasteiger partial charge on any atom is 0.226 e. The van der Waals surface area contributed by atoms with Crippen LogP contribution in [0.2, 0.25) is 10.0 Å². The summed E-state index contributed by atoms with van der Waals surface area (Å²) in [4.78, 5) is 14.8. The van der Waals surface area contributed by atoms with E-state index in [4.69, 9.17) is 23.2 Å². The van der Waals surface area contributed by atoms with Crippen LogP contribution in [-0.4, -0.2) is 17.4 Å². The molecule has 2 aromatic carbocycles. The Morgan fingerprint density at radius 3 is 2.65 bits per heavy atom. The molecule has 0 saturated heterocycles. The summed E-state index contributed by atoms with van der Waals surface area (Å²) >= 11 is 12.2. The predicted molar refractivity (Wildman–Crippen MR) is 92.9 cm³/mol. The van der Waals surface area contributed by atoms with Crippen molar-refractivity contribution in [3.63, 3.8) is 0 Å². The molecule has 2 aromatic rings. The number of nitrogens with zero attached hydrogens (tertiary/aromatic N) is 1. The Bertz CT molecular complexity index is 774. The summed E-state index contributed by atoms with van der Waals surface area (Å²) in [6.07, 6.45) is 1.83. The summed E-state index contributed by atoms with van der Waals surface area (Å²) < 4.78 is 0. The van der Waals surface area contributed by atoms with Crippen molar-refractivity contribution in [3.05, 3.63) is 69.2 Å². The fourth-order valence-electron chi connectivity index (χ4n) is 3.53. The lowest BCUT2D eigenvalue weighted by Crippen LogP contribution is -2.37. The molecule has 23 heavy (non-hydrogen) atoms. The summed E-state index contributed by atoms with van der Waals surface area (Å²) in [6.45, 7) is 1.54. The van der Waals surface area contributed by atoms with Gasteiger partial charge in [0.15, 0.2) is 0 Å². The van der Waals surface area contributed by atoms with Gasteiger partial charge in [0, 0.05) is 29.1 Å². The second-order valence-corrected chi connectivity index (χ2v) is 7.24. The highest BCUT2D eigenvalue weighted by Crippen LogP contribution is 2.51. The zero-order valence-corrected chi connectivity index (χ0v) is 14.1. The van der Waals surface area contributed by atoms with Crippen molar-refractivity contribution in [2.24, 2.45) is 5.92 Å². The molecule has 118 valence electrons. The van der Waals surface area contributed by atoms with E-state index in [1.165, 1.54) is 11.1 Å². The molecule has 1 aliphatic carbocycles. The molecule has 0 bridgehead atoms. The maximum absolute atomic E-state index is 12.8. The lowest BCUT2D eigenvalue weighted by atomic mass is 9.99. The zero-order chi connectivity index (χ0) is 16.0. The van der Waals surface area contributed by atoms with Crippen molar-refractivity contribution in [1.29, 1.82) is 0 Å². The van der Waals surface area contributed by atoms with Gasteiger partial charge in [0.05, 0.1) is 0 Å². The van der Waals surface area contributed by atoms with Crippen molar-refractivity contribution in [2.75, 3.05) is 6.54 Å². The first-order valence-corrected chi connectivity index (χ1v) is 8.69. The minimum Gasteiger partial charge on any atom is -0.338 e. The number of benzene rings is 2. The fraction of sp³-hybridized carbons (Fsp3) is 0.316. The standard InChI is InChI=1S/C19H17Cl2NO/c20-14-5-6-15(18(21)9-14)16-10-17(16)19(23)22-8-7-12-3-1-2-4-13(12)11-22/h1-6,9,16-17H,7-8,10-11H2/t16-,17+/m0/s1. The number of carbonyl (C=O) groups excluding carboxylic acids is 1. The molecule has 1 aliphatic heterocycles. The molecular weight excluding hydrogens is 329 g/mol. The van der Waals surface area contributed by atoms with Crippen molar-refractivity contribution in [2.45, 2.75) is 25.3 Å². The first-order chi connectivity index (χ1) is 11.1. The van der Waals surface area contributed by atoms with E-state index >= 15 is 0 Å². The molecule has 1 heterocycles. The van der Waals surface area contributed by atoms with Crippen LogP contribution >= 0.6 is 23.2 Å². The van der Waals surface area contributed by atoms with Crippen LogP contribution in [-0.2, 0) is 17.8 Å². The zero-order valence-electron chi connectivity index (χ0n) is 12.6. The fourth-order valence-corrected chi connectivity index (χ4v) is 4.08. The molecule has 1 amide bonds. The Balaban J connectivity index is 1.47. The molecule has 0 unspecified atom stereocenters. The van der Waals surface area contributed by atoms with Crippen LogP contribution in [0.15, 0.2) is 42.5 Å². The normalized spacial score (nSPS) is 22.6. The lowest BCUT2D eigenvalue weighted by molar-refractivity contribution is -0.133. The van der Waals surface area contributed by atoms with E-state index in [1.807, 2.05) is 23.1 Å². The van der Waals surface area contributed by atoms with Gasteiger partial charge in [-0.3, -0.25) is 4.79 Å². The van der Waals surface area contributed by atoms with Gasteiger partial charge in [-0.25, -0.2) is 0 Å². The highest BCUT2D eigenvalue weighted by molar-refractivity contribution is 6.35. The second-order valence-electron chi connectivity index (χ2n) is 6.39. The van der Waals surface area contributed by atoms with Crippen LogP contribution in [0.5, 0.6) is 0 Å². The molecule has 1 fully saturated rings. The summed E-state index contributed by atoms with van der Waals surface area (Å²) in [5.74, 6) is 0.568. The van der Waals surface area contributed by atoms with Gasteiger partial charge in [-0.05, 0) is 47.6 Å². The number of carbonyl (C=O) groups is 1. The topological polar surface area (TPSA) is 20.3 Å². The van der Waals surface area contributed by atoms with Crippen LogP contribution < -0.4 is 0 Å². The van der Waals surface area contributed by atoms with E-state index in [9.17, 15) is 4.79 Å². The van der Waals surface area contributed by atoms with Crippen LogP contribution in [0.3, 0.4) is 0 Å². The number of amides is 1. The van der Waals surface area contributed by atoms with Gasteiger partial charge in [0.2, 0.25) is 5.91 Å². The van der Waals surface area contributed by atoms with Gasteiger partial charge in [-0.2, -0.15) is 0 Å². The van der Waals surface area contributed by atoms with Crippen molar-refractivity contribution >= 4 is 29.1 Å². The van der Waals surface area contributed by atoms with Crippen LogP contribution in [0.25, 0.3) is 0 Å². The molecule has 0 N–H and O–H groups in total. The molecule has 0 radical (unpaired) electrons. The van der Waals surface area contributed by atoms with Gasteiger partial charge in [0.1, 0.15) is 0 Å². The first kappa shape index (κ1) is 15.0. The monoisotopic (exact) mass is 345 g/mol. The third-order valence-corrected chi connectivity index (χ3v) is 5.47. The van der Waals surface area contributed by atoms with Gasteiger partial charge in [0.25, 0.3) is 0 Å². The molecule has 2 nitrogen and oxygen atoms in total. The van der Waals surface area contributed by atoms with Crippen LogP contribution in [0.4, 0.5) is 0 Å². The second kappa shape index (κ2) is 5.85. The Kier molecular flexibility index (Phi) is 3.82. The number of rotatable bonds is 2. The summed E-state index contributed by atoms with van der Waals surface area (Å²) in [7, 11) is 0. The highest BCUT2D eigenvalue weighted by Gasteiger charge is 2.46. The third kappa shape index (κ3) is 2.86. The van der Waals surface area contributed by atoms with Gasteiger partial charge in [-0.15, -0.1) is 0 Å². The van der Waals surface area contributed by atoms with Crippen molar-refractivity contribution < 1.29 is 4.79 Å². The van der Waals surface area contributed by atoms with E-state index in [-0.39, 0.29) is 17.7 Å². The first-order valence-electron chi connectivity index (χ1n) is 7.94. The quantitative estimate of drug-likeness (QED) is 0.773. The predicted octanol–water partition coefficient (Wildman–Crippen LogP) is 4.68. The largest absolute Gasteiger partial charge is 0.338 e. The smallest absolute Gasteiger partial charge is 0.226 e. The van der Waals surface area contributed by atoms with Gasteiger partial charge in [-0.1, -0.05) is 53.5 Å². The molecule has 0 aromatic heterocycles. The molecule has 1 saturated carbocycles. The Hall–Kier alpha value is -1.51. The van der Waals surface area contributed by atoms with E-state index in [1.54, 1.807) is 6.07 Å². The summed E-state index contributed by atoms with van der Waals surface area (Å²) in [5.41, 5.74) is 3.69. The van der Waals surface area contributed by atoms with Crippen LogP contribution in [0.1, 0.15) is 29.0 Å². The molecule has 0 spiro atoms. The SMILES string of the molecule is O=C([C@@H]1C[C@H]1c1ccc(Cl)cc1Cl)N1CCc2ccccc2C1. The van der Waals surface area contributed by atoms with Crippen molar-refractivity contribution in [1.82, 2.24) is 4.90 Å². The average molecular weight is 346 g/mol. The van der Waals surface area contributed by atoms with Gasteiger partial charge >= 0.3 is 0 Å². The Morgan fingerprint density at radius 1 is 1.09 bits per heavy atom. The molecule has 4 heteroatoms. The minimum absolute atomic E-state index is 0.0685. The van der Waals surface area contributed by atoms with E-state index in [0.29, 0.717) is 10.0 Å². The number of halogens is 2. The highest BCUT2D eigenvalue weighted by atomic mass is 35.5. The van der Waals surface area contributed by atoms with Crippen LogP contribution in [0, 0.1) is 5.92 Å². The van der Waals surface area contributed by atoms with Crippen molar-refractivity contribution in [3.8, 4) is 0 Å². The third-order valence-electron chi connectivity index (χ3n) is 4.91. The van der Waals surface area contributed by atoms with E-state index in [2.05, 4.69) is 18.2 Å². The average Bonchev–Trinajstić information content (AvgIpc) is 3.34. The maximum atomic E-state index is 12.8. The summed E-state index contributed by atoms with van der Waals surface area (Å²) in [6, 6.07) is 13.9. The molecular formula is C19H17Cl2NO. The minimum atomic E-state index is 0.0685. The molecule has 4 rings (SSSR count). The lowest BCUT2D eigenvalue weighted by Gasteiger charge is -2.29.